The summed E-state index contributed by atoms with van der Waals surface area (Å²) in [6, 6.07) is 12.7. The van der Waals surface area contributed by atoms with Crippen molar-refractivity contribution in [3.8, 4) is 0 Å². The molecule has 0 saturated heterocycles. The van der Waals surface area contributed by atoms with E-state index in [4.69, 9.17) is 11.6 Å². The number of sulfonamides is 1. The minimum absolute atomic E-state index is 0.0420. The van der Waals surface area contributed by atoms with E-state index >= 15 is 0 Å². The summed E-state index contributed by atoms with van der Waals surface area (Å²) in [5, 5.41) is 3.27. The highest BCUT2D eigenvalue weighted by Gasteiger charge is 2.31. The van der Waals surface area contributed by atoms with E-state index in [0.29, 0.717) is 18.0 Å². The van der Waals surface area contributed by atoms with Crippen LogP contribution in [0.25, 0.3) is 0 Å². The number of amides is 2. The van der Waals surface area contributed by atoms with Gasteiger partial charge in [0.1, 0.15) is 6.04 Å². The summed E-state index contributed by atoms with van der Waals surface area (Å²) in [5.74, 6) is -0.693. The maximum absolute atomic E-state index is 13.4. The van der Waals surface area contributed by atoms with Gasteiger partial charge in [0.2, 0.25) is 21.8 Å². The first-order valence-electron chi connectivity index (χ1n) is 10.9. The van der Waals surface area contributed by atoms with Crippen molar-refractivity contribution in [2.45, 2.75) is 51.1 Å². The first-order valence-corrected chi connectivity index (χ1v) is 12.8. The highest BCUT2D eigenvalue weighted by atomic mass is 35.5. The maximum Gasteiger partial charge on any atom is 0.243 e. The molecule has 0 aliphatic heterocycles. The molecule has 9 heteroatoms. The molecule has 0 spiro atoms. The van der Waals surface area contributed by atoms with Gasteiger partial charge in [-0.05, 0) is 55.2 Å². The lowest BCUT2D eigenvalue weighted by Crippen LogP contribution is -2.51. The molecule has 180 valence electrons. The van der Waals surface area contributed by atoms with Gasteiger partial charge in [0.15, 0.2) is 0 Å². The third kappa shape index (κ3) is 7.03. The predicted molar refractivity (Wildman–Crippen MR) is 130 cm³/mol. The van der Waals surface area contributed by atoms with Crippen LogP contribution in [-0.2, 0) is 26.2 Å². The number of halogens is 1. The fourth-order valence-corrected chi connectivity index (χ4v) is 4.66. The van der Waals surface area contributed by atoms with Crippen molar-refractivity contribution < 1.29 is 18.0 Å². The molecule has 33 heavy (non-hydrogen) atoms. The Morgan fingerprint density at radius 1 is 1.06 bits per heavy atom. The van der Waals surface area contributed by atoms with E-state index < -0.39 is 28.5 Å². The average Bonchev–Trinajstić information content (AvgIpc) is 2.78. The number of carbonyl (C=O) groups excluding carboxylic acids is 2. The summed E-state index contributed by atoms with van der Waals surface area (Å²) in [6.45, 7) is 6.04. The Kier molecular flexibility index (Phi) is 9.88. The van der Waals surface area contributed by atoms with Crippen LogP contribution in [0.1, 0.15) is 37.8 Å². The lowest BCUT2D eigenvalue weighted by atomic mass is 10.1. The fraction of sp³-hybridized carbons (Fsp3) is 0.417. The van der Waals surface area contributed by atoms with Gasteiger partial charge >= 0.3 is 0 Å². The zero-order valence-electron chi connectivity index (χ0n) is 19.5. The summed E-state index contributed by atoms with van der Waals surface area (Å²) in [5.41, 5.74) is 1.89. The van der Waals surface area contributed by atoms with Crippen molar-refractivity contribution in [3.05, 3.63) is 64.7 Å². The predicted octanol–water partition coefficient (Wildman–Crippen LogP) is 3.60. The Hall–Kier alpha value is -2.42. The lowest BCUT2D eigenvalue weighted by Gasteiger charge is -2.32. The summed E-state index contributed by atoms with van der Waals surface area (Å²) in [7, 11) is -2.55. The standard InChI is InChI=1S/C24H32ClN3O4S/c1-5-15-26-24(30)22(6-2)28(16-19-10-8-7-9-18(19)3)23(29)17-27(4)33(31,32)21-13-11-20(25)12-14-21/h7-14,22H,5-6,15-17H2,1-4H3,(H,26,30)/t22-/m1/s1. The van der Waals surface area contributed by atoms with Gasteiger partial charge in [-0.25, -0.2) is 8.42 Å². The van der Waals surface area contributed by atoms with E-state index in [1.54, 1.807) is 0 Å². The fourth-order valence-electron chi connectivity index (χ4n) is 3.41. The molecule has 2 aromatic rings. The Morgan fingerprint density at radius 3 is 2.27 bits per heavy atom. The van der Waals surface area contributed by atoms with Crippen LogP contribution in [0.2, 0.25) is 5.02 Å². The van der Waals surface area contributed by atoms with Crippen LogP contribution >= 0.6 is 11.6 Å². The first-order chi connectivity index (χ1) is 15.6. The number of hydrogen-bond acceptors (Lipinski definition) is 4. The smallest absolute Gasteiger partial charge is 0.243 e. The molecule has 0 heterocycles. The Labute approximate surface area is 201 Å². The number of likely N-dealkylation sites (N-methyl/N-ethyl adjacent to an activating group) is 1. The Bertz CT molecular complexity index is 1060. The Balaban J connectivity index is 2.32. The zero-order valence-corrected chi connectivity index (χ0v) is 21.1. The van der Waals surface area contributed by atoms with Gasteiger partial charge in [0, 0.05) is 25.2 Å². The van der Waals surface area contributed by atoms with Crippen molar-refractivity contribution in [2.75, 3.05) is 20.1 Å². The summed E-state index contributed by atoms with van der Waals surface area (Å²) in [4.78, 5) is 27.8. The van der Waals surface area contributed by atoms with Crippen LogP contribution in [0, 0.1) is 6.92 Å². The summed E-state index contributed by atoms with van der Waals surface area (Å²) in [6.07, 6.45) is 1.18. The summed E-state index contributed by atoms with van der Waals surface area (Å²) >= 11 is 5.87. The highest BCUT2D eigenvalue weighted by molar-refractivity contribution is 7.89. The van der Waals surface area contributed by atoms with Gasteiger partial charge in [-0.2, -0.15) is 4.31 Å². The summed E-state index contributed by atoms with van der Waals surface area (Å²) < 4.78 is 26.9. The van der Waals surface area contributed by atoms with Crippen LogP contribution in [0.4, 0.5) is 0 Å². The largest absolute Gasteiger partial charge is 0.354 e. The SMILES string of the molecule is CCCNC(=O)[C@@H](CC)N(Cc1ccccc1C)C(=O)CN(C)S(=O)(=O)c1ccc(Cl)cc1. The third-order valence-corrected chi connectivity index (χ3v) is 7.49. The molecule has 0 unspecified atom stereocenters. The maximum atomic E-state index is 13.4. The van der Waals surface area contributed by atoms with Gasteiger partial charge in [-0.15, -0.1) is 0 Å². The first kappa shape index (κ1) is 26.8. The molecule has 0 aliphatic rings. The second kappa shape index (κ2) is 12.2. The quantitative estimate of drug-likeness (QED) is 0.518. The molecule has 1 N–H and O–H groups in total. The normalized spacial score (nSPS) is 12.4. The van der Waals surface area contributed by atoms with Crippen molar-refractivity contribution in [1.29, 1.82) is 0 Å². The third-order valence-electron chi connectivity index (χ3n) is 5.42. The van der Waals surface area contributed by atoms with Crippen molar-refractivity contribution in [3.63, 3.8) is 0 Å². The molecule has 0 bridgehead atoms. The van der Waals surface area contributed by atoms with Crippen molar-refractivity contribution in [1.82, 2.24) is 14.5 Å². The molecule has 0 saturated carbocycles. The van der Waals surface area contributed by atoms with Crippen molar-refractivity contribution >= 4 is 33.4 Å². The number of hydrogen-bond donors (Lipinski definition) is 1. The number of carbonyl (C=O) groups is 2. The second-order valence-corrected chi connectivity index (χ2v) is 10.4. The molecular weight excluding hydrogens is 462 g/mol. The van der Waals surface area contributed by atoms with E-state index in [9.17, 15) is 18.0 Å². The minimum Gasteiger partial charge on any atom is -0.354 e. The molecule has 2 rings (SSSR count). The molecule has 2 aromatic carbocycles. The van der Waals surface area contributed by atoms with Gasteiger partial charge in [0.25, 0.3) is 0 Å². The van der Waals surface area contributed by atoms with Crippen LogP contribution < -0.4 is 5.32 Å². The van der Waals surface area contributed by atoms with Crippen molar-refractivity contribution in [2.24, 2.45) is 0 Å². The van der Waals surface area contributed by atoms with Crippen LogP contribution in [0.5, 0.6) is 0 Å². The second-order valence-electron chi connectivity index (χ2n) is 7.88. The zero-order chi connectivity index (χ0) is 24.6. The van der Waals surface area contributed by atoms with Gasteiger partial charge in [-0.1, -0.05) is 49.7 Å². The van der Waals surface area contributed by atoms with Gasteiger partial charge in [-0.3, -0.25) is 9.59 Å². The lowest BCUT2D eigenvalue weighted by molar-refractivity contribution is -0.141. The number of rotatable bonds is 11. The van der Waals surface area contributed by atoms with E-state index in [1.807, 2.05) is 45.0 Å². The van der Waals surface area contributed by atoms with E-state index in [2.05, 4.69) is 5.32 Å². The van der Waals surface area contributed by atoms with Crippen LogP contribution in [-0.4, -0.2) is 55.6 Å². The molecule has 7 nitrogen and oxygen atoms in total. The van der Waals surface area contributed by atoms with E-state index in [1.165, 1.54) is 36.2 Å². The van der Waals surface area contributed by atoms with Crippen LogP contribution in [0.15, 0.2) is 53.4 Å². The topological polar surface area (TPSA) is 86.8 Å². The van der Waals surface area contributed by atoms with Gasteiger partial charge in [0.05, 0.1) is 11.4 Å². The minimum atomic E-state index is -3.91. The molecular formula is C24H32ClN3O4S. The monoisotopic (exact) mass is 493 g/mol. The molecule has 0 fully saturated rings. The van der Waals surface area contributed by atoms with Gasteiger partial charge < -0.3 is 10.2 Å². The highest BCUT2D eigenvalue weighted by Crippen LogP contribution is 2.19. The molecule has 0 aliphatic carbocycles. The number of nitrogens with zero attached hydrogens (tertiary/aromatic N) is 2. The number of nitrogens with one attached hydrogen (secondary N) is 1. The number of aryl methyl sites for hydroxylation is 1. The number of benzene rings is 2. The molecule has 2 amide bonds. The average molecular weight is 494 g/mol. The van der Waals surface area contributed by atoms with Crippen LogP contribution in [0.3, 0.4) is 0 Å². The van der Waals surface area contributed by atoms with E-state index in [0.717, 1.165) is 21.9 Å². The Morgan fingerprint density at radius 2 is 1.70 bits per heavy atom. The molecule has 0 radical (unpaired) electrons. The molecule has 0 aromatic heterocycles. The van der Waals surface area contributed by atoms with E-state index in [-0.39, 0.29) is 17.3 Å². The molecule has 1 atom stereocenters.